The largest absolute Gasteiger partial charge is 0.465 e. The van der Waals surface area contributed by atoms with Crippen molar-refractivity contribution >= 4 is 16.9 Å². The topological polar surface area (TPSA) is 31.2 Å². The van der Waals surface area contributed by atoms with E-state index in [1.807, 2.05) is 24.4 Å². The number of hydrogen-bond acceptors (Lipinski definition) is 2. The zero-order chi connectivity index (χ0) is 11.1. The maximum atomic E-state index is 11.6. The lowest BCUT2D eigenvalue weighted by Gasteiger charge is -2.00. The summed E-state index contributed by atoms with van der Waals surface area (Å²) >= 11 is 0. The number of esters is 1. The van der Waals surface area contributed by atoms with Gasteiger partial charge < -0.3 is 9.30 Å². The van der Waals surface area contributed by atoms with Crippen LogP contribution in [0.5, 0.6) is 0 Å². The Labute approximate surface area is 93.6 Å². The number of methoxy groups -OCH3 is 1. The van der Waals surface area contributed by atoms with Crippen LogP contribution in [-0.4, -0.2) is 17.6 Å². The molecule has 1 aromatic heterocycles. The van der Waals surface area contributed by atoms with Crippen molar-refractivity contribution in [1.82, 2.24) is 4.57 Å². The molecule has 0 N–H and O–H groups in total. The highest BCUT2D eigenvalue weighted by atomic mass is 16.5. The molecule has 0 saturated heterocycles. The maximum absolute atomic E-state index is 11.6. The van der Waals surface area contributed by atoms with Gasteiger partial charge in [0.25, 0.3) is 0 Å². The van der Waals surface area contributed by atoms with Crippen molar-refractivity contribution in [3.8, 4) is 0 Å². The Balaban J connectivity index is 2.24. The van der Waals surface area contributed by atoms with Crippen molar-refractivity contribution in [2.45, 2.75) is 18.9 Å². The molecule has 3 rings (SSSR count). The Morgan fingerprint density at radius 1 is 1.38 bits per heavy atom. The van der Waals surface area contributed by atoms with Gasteiger partial charge in [-0.1, -0.05) is 18.2 Å². The van der Waals surface area contributed by atoms with Gasteiger partial charge in [0.15, 0.2) is 0 Å². The second-order valence-electron chi connectivity index (χ2n) is 4.19. The predicted molar refractivity (Wildman–Crippen MR) is 61.5 cm³/mol. The Hall–Kier alpha value is -1.77. The molecule has 1 aliphatic rings. The van der Waals surface area contributed by atoms with E-state index in [2.05, 4.69) is 10.6 Å². The molecule has 1 saturated carbocycles. The number of hydrogen-bond donors (Lipinski definition) is 0. The van der Waals surface area contributed by atoms with E-state index < -0.39 is 0 Å². The van der Waals surface area contributed by atoms with Gasteiger partial charge in [0, 0.05) is 23.1 Å². The van der Waals surface area contributed by atoms with Crippen LogP contribution in [0.4, 0.5) is 0 Å². The van der Waals surface area contributed by atoms with Crippen LogP contribution in [0.15, 0.2) is 30.5 Å². The van der Waals surface area contributed by atoms with Gasteiger partial charge in [0.2, 0.25) is 0 Å². The summed E-state index contributed by atoms with van der Waals surface area (Å²) in [7, 11) is 1.42. The summed E-state index contributed by atoms with van der Waals surface area (Å²) in [6, 6.07) is 8.55. The van der Waals surface area contributed by atoms with E-state index in [9.17, 15) is 4.79 Å². The van der Waals surface area contributed by atoms with Gasteiger partial charge >= 0.3 is 5.97 Å². The summed E-state index contributed by atoms with van der Waals surface area (Å²) in [5.74, 6) is -0.254. The van der Waals surface area contributed by atoms with Gasteiger partial charge in [-0.05, 0) is 18.9 Å². The molecule has 0 bridgehead atoms. The molecule has 0 radical (unpaired) electrons. The average Bonchev–Trinajstić information content (AvgIpc) is 3.09. The molecular formula is C13H13NO2. The first-order chi connectivity index (χ1) is 7.81. The van der Waals surface area contributed by atoms with E-state index in [1.165, 1.54) is 20.0 Å². The van der Waals surface area contributed by atoms with E-state index in [1.54, 1.807) is 0 Å². The van der Waals surface area contributed by atoms with Crippen LogP contribution in [0.25, 0.3) is 10.9 Å². The first-order valence-electron chi connectivity index (χ1n) is 5.49. The maximum Gasteiger partial charge on any atom is 0.340 e. The SMILES string of the molecule is COC(=O)c1cn(C2CC2)c2ccccc12. The Bertz CT molecular complexity index is 552. The molecule has 0 unspecified atom stereocenters. The quantitative estimate of drug-likeness (QED) is 0.721. The minimum Gasteiger partial charge on any atom is -0.465 e. The Morgan fingerprint density at radius 2 is 2.12 bits per heavy atom. The normalized spacial score (nSPS) is 15.3. The second-order valence-corrected chi connectivity index (χ2v) is 4.19. The summed E-state index contributed by atoms with van der Waals surface area (Å²) in [5, 5.41) is 0.987. The number of aromatic nitrogens is 1. The number of carbonyl (C=O) groups is 1. The summed E-state index contributed by atoms with van der Waals surface area (Å²) < 4.78 is 7.00. The number of nitrogens with zero attached hydrogens (tertiary/aromatic N) is 1. The zero-order valence-electron chi connectivity index (χ0n) is 9.14. The first kappa shape index (κ1) is 9.46. The van der Waals surface area contributed by atoms with Gasteiger partial charge in [-0.15, -0.1) is 0 Å². The molecule has 0 aliphatic heterocycles. The summed E-state index contributed by atoms with van der Waals surface area (Å²) in [4.78, 5) is 11.6. The molecule has 1 aromatic carbocycles. The molecule has 1 heterocycles. The van der Waals surface area contributed by atoms with Gasteiger partial charge in [-0.25, -0.2) is 4.79 Å². The van der Waals surface area contributed by atoms with Crippen molar-refractivity contribution in [2.75, 3.05) is 7.11 Å². The van der Waals surface area contributed by atoms with Crippen LogP contribution in [0.1, 0.15) is 29.2 Å². The molecule has 0 atom stereocenters. The number of ether oxygens (including phenoxy) is 1. The van der Waals surface area contributed by atoms with Crippen LogP contribution in [0.3, 0.4) is 0 Å². The van der Waals surface area contributed by atoms with E-state index in [-0.39, 0.29) is 5.97 Å². The number of carbonyl (C=O) groups excluding carboxylic acids is 1. The Morgan fingerprint density at radius 3 is 2.81 bits per heavy atom. The molecular weight excluding hydrogens is 202 g/mol. The fraction of sp³-hybridized carbons (Fsp3) is 0.308. The fourth-order valence-corrected chi connectivity index (χ4v) is 2.13. The van der Waals surface area contributed by atoms with Gasteiger partial charge in [-0.3, -0.25) is 0 Å². The smallest absolute Gasteiger partial charge is 0.340 e. The number of benzene rings is 1. The van der Waals surface area contributed by atoms with E-state index >= 15 is 0 Å². The Kier molecular flexibility index (Phi) is 1.99. The molecule has 3 nitrogen and oxygen atoms in total. The van der Waals surface area contributed by atoms with Crippen LogP contribution < -0.4 is 0 Å². The number of para-hydroxylation sites is 1. The van der Waals surface area contributed by atoms with Crippen molar-refractivity contribution in [2.24, 2.45) is 0 Å². The summed E-state index contributed by atoms with van der Waals surface area (Å²) in [6.45, 7) is 0. The molecule has 1 fully saturated rings. The van der Waals surface area contributed by atoms with Crippen molar-refractivity contribution in [1.29, 1.82) is 0 Å². The van der Waals surface area contributed by atoms with Gasteiger partial charge in [-0.2, -0.15) is 0 Å². The highest BCUT2D eigenvalue weighted by Crippen LogP contribution is 2.38. The minimum atomic E-state index is -0.254. The molecule has 1 aliphatic carbocycles. The first-order valence-corrected chi connectivity index (χ1v) is 5.49. The van der Waals surface area contributed by atoms with E-state index in [0.29, 0.717) is 11.6 Å². The number of rotatable bonds is 2. The lowest BCUT2D eigenvalue weighted by Crippen LogP contribution is -1.99. The third-order valence-electron chi connectivity index (χ3n) is 3.09. The fourth-order valence-electron chi connectivity index (χ4n) is 2.13. The molecule has 3 heteroatoms. The summed E-state index contributed by atoms with van der Waals surface area (Å²) in [6.07, 6.45) is 4.34. The zero-order valence-corrected chi connectivity index (χ0v) is 9.14. The third kappa shape index (κ3) is 1.32. The van der Waals surface area contributed by atoms with E-state index in [0.717, 1.165) is 10.9 Å². The van der Waals surface area contributed by atoms with Crippen LogP contribution in [0.2, 0.25) is 0 Å². The molecule has 0 amide bonds. The number of fused-ring (bicyclic) bond motifs is 1. The second kappa shape index (κ2) is 3.37. The van der Waals surface area contributed by atoms with Crippen molar-refractivity contribution in [3.63, 3.8) is 0 Å². The molecule has 82 valence electrons. The average molecular weight is 215 g/mol. The standard InChI is InChI=1S/C13H13NO2/c1-16-13(15)11-8-14(9-6-7-9)12-5-3-2-4-10(11)12/h2-5,8-9H,6-7H2,1H3. The molecule has 16 heavy (non-hydrogen) atoms. The lowest BCUT2D eigenvalue weighted by atomic mass is 10.2. The minimum absolute atomic E-state index is 0.254. The highest BCUT2D eigenvalue weighted by molar-refractivity contribution is 6.04. The van der Waals surface area contributed by atoms with Crippen LogP contribution in [-0.2, 0) is 4.74 Å². The third-order valence-corrected chi connectivity index (χ3v) is 3.09. The molecule has 0 spiro atoms. The van der Waals surface area contributed by atoms with Crippen LogP contribution >= 0.6 is 0 Å². The van der Waals surface area contributed by atoms with Crippen molar-refractivity contribution in [3.05, 3.63) is 36.0 Å². The predicted octanol–water partition coefficient (Wildman–Crippen LogP) is 2.76. The highest BCUT2D eigenvalue weighted by Gasteiger charge is 2.27. The van der Waals surface area contributed by atoms with Crippen molar-refractivity contribution < 1.29 is 9.53 Å². The monoisotopic (exact) mass is 215 g/mol. The van der Waals surface area contributed by atoms with Crippen LogP contribution in [0, 0.1) is 0 Å². The lowest BCUT2D eigenvalue weighted by molar-refractivity contribution is 0.0603. The molecule has 2 aromatic rings. The summed E-state index contributed by atoms with van der Waals surface area (Å²) in [5.41, 5.74) is 1.80. The van der Waals surface area contributed by atoms with Gasteiger partial charge in [0.05, 0.1) is 12.7 Å². The van der Waals surface area contributed by atoms with E-state index in [4.69, 9.17) is 4.74 Å². The van der Waals surface area contributed by atoms with Gasteiger partial charge in [0.1, 0.15) is 0 Å².